The smallest absolute Gasteiger partial charge is 0.256 e. The van der Waals surface area contributed by atoms with Crippen LogP contribution < -0.4 is 5.32 Å². The molecule has 1 amide bonds. The Balaban J connectivity index is 1.50. The highest BCUT2D eigenvalue weighted by Crippen LogP contribution is 2.24. The molecular weight excluding hydrogens is 409 g/mol. The highest BCUT2D eigenvalue weighted by molar-refractivity contribution is 7.89. The van der Waals surface area contributed by atoms with Crippen LogP contribution in [0.25, 0.3) is 0 Å². The lowest BCUT2D eigenvalue weighted by Gasteiger charge is -2.16. The van der Waals surface area contributed by atoms with E-state index in [0.29, 0.717) is 25.5 Å². The monoisotopic (exact) mass is 429 g/mol. The van der Waals surface area contributed by atoms with Crippen molar-refractivity contribution in [3.05, 3.63) is 71.9 Å². The largest absolute Gasteiger partial charge is 0.305 e. The van der Waals surface area contributed by atoms with Gasteiger partial charge in [-0.1, -0.05) is 6.07 Å². The van der Waals surface area contributed by atoms with Crippen LogP contribution >= 0.6 is 0 Å². The molecule has 0 spiro atoms. The maximum atomic E-state index is 14.3. The van der Waals surface area contributed by atoms with Crippen LogP contribution in [0.4, 0.5) is 10.2 Å². The molecule has 0 saturated carbocycles. The lowest BCUT2D eigenvalue weighted by Crippen LogP contribution is -2.29. The predicted octanol–water partition coefficient (Wildman–Crippen LogP) is 2.50. The molecule has 0 bridgehead atoms. The van der Waals surface area contributed by atoms with Crippen LogP contribution in [-0.4, -0.2) is 46.5 Å². The van der Waals surface area contributed by atoms with Gasteiger partial charge in [0.2, 0.25) is 10.0 Å². The van der Waals surface area contributed by atoms with Crippen molar-refractivity contribution in [2.24, 2.45) is 0 Å². The molecule has 3 aromatic rings. The van der Waals surface area contributed by atoms with Crippen LogP contribution in [0.2, 0.25) is 0 Å². The Hall–Kier alpha value is -3.11. The fraction of sp³-hybridized carbons (Fsp3) is 0.250. The summed E-state index contributed by atoms with van der Waals surface area (Å²) in [5, 5.41) is 6.88. The molecule has 3 heterocycles. The molecule has 1 aromatic carbocycles. The van der Waals surface area contributed by atoms with E-state index in [0.717, 1.165) is 30.7 Å². The number of halogens is 1. The first-order valence-electron chi connectivity index (χ1n) is 9.48. The Bertz CT molecular complexity index is 1160. The Morgan fingerprint density at radius 2 is 1.93 bits per heavy atom. The van der Waals surface area contributed by atoms with E-state index in [-0.39, 0.29) is 5.56 Å². The van der Waals surface area contributed by atoms with E-state index in [1.165, 1.54) is 10.4 Å². The molecule has 8 nitrogen and oxygen atoms in total. The van der Waals surface area contributed by atoms with Gasteiger partial charge in [0.15, 0.2) is 5.82 Å². The lowest BCUT2D eigenvalue weighted by molar-refractivity contribution is 0.102. The fourth-order valence-electron chi connectivity index (χ4n) is 3.27. The summed E-state index contributed by atoms with van der Waals surface area (Å²) in [7, 11) is -3.98. The molecule has 1 fully saturated rings. The zero-order valence-electron chi connectivity index (χ0n) is 16.0. The number of hydrogen-bond donors (Lipinski definition) is 1. The number of amides is 1. The van der Waals surface area contributed by atoms with Gasteiger partial charge in [-0.15, -0.1) is 0 Å². The fourth-order valence-corrected chi connectivity index (χ4v) is 4.88. The number of hydrogen-bond acceptors (Lipinski definition) is 5. The highest BCUT2D eigenvalue weighted by atomic mass is 32.2. The quantitative estimate of drug-likeness (QED) is 0.649. The standard InChI is InChI=1S/C20H20FN5O3S/c21-17-7-6-15(13-18(17)30(28,29)26-10-3-4-11-26)20(27)23-19-8-12-25(24-19)14-16-5-1-2-9-22-16/h1-2,5-9,12-13H,3-4,10-11,14H2,(H,23,24,27). The molecule has 30 heavy (non-hydrogen) atoms. The van der Waals surface area contributed by atoms with Gasteiger partial charge in [0.1, 0.15) is 10.7 Å². The number of aromatic nitrogens is 3. The maximum absolute atomic E-state index is 14.3. The summed E-state index contributed by atoms with van der Waals surface area (Å²) < 4.78 is 42.5. The van der Waals surface area contributed by atoms with E-state index in [1.807, 2.05) is 18.2 Å². The number of carbonyl (C=O) groups excluding carboxylic acids is 1. The van der Waals surface area contributed by atoms with Crippen LogP contribution in [0.15, 0.2) is 59.8 Å². The predicted molar refractivity (Wildman–Crippen MR) is 108 cm³/mol. The molecule has 0 unspecified atom stereocenters. The van der Waals surface area contributed by atoms with Crippen molar-refractivity contribution in [2.75, 3.05) is 18.4 Å². The molecule has 0 radical (unpaired) electrons. The van der Waals surface area contributed by atoms with Crippen molar-refractivity contribution in [2.45, 2.75) is 24.3 Å². The third-order valence-corrected chi connectivity index (χ3v) is 6.72. The Morgan fingerprint density at radius 3 is 2.67 bits per heavy atom. The summed E-state index contributed by atoms with van der Waals surface area (Å²) in [6.45, 7) is 1.14. The van der Waals surface area contributed by atoms with Crippen LogP contribution in [0.3, 0.4) is 0 Å². The van der Waals surface area contributed by atoms with Gasteiger partial charge in [-0.3, -0.25) is 14.5 Å². The van der Waals surface area contributed by atoms with Crippen LogP contribution in [-0.2, 0) is 16.6 Å². The molecule has 1 aliphatic rings. The second-order valence-electron chi connectivity index (χ2n) is 6.93. The third kappa shape index (κ3) is 4.24. The number of benzene rings is 1. The molecular formula is C20H20FN5O3S. The van der Waals surface area contributed by atoms with Crippen molar-refractivity contribution < 1.29 is 17.6 Å². The summed E-state index contributed by atoms with van der Waals surface area (Å²) in [5.41, 5.74) is 0.849. The van der Waals surface area contributed by atoms with Crippen molar-refractivity contribution >= 4 is 21.7 Å². The average Bonchev–Trinajstić information content (AvgIpc) is 3.42. The zero-order valence-corrected chi connectivity index (χ0v) is 16.8. The van der Waals surface area contributed by atoms with Crippen molar-refractivity contribution in [1.82, 2.24) is 19.1 Å². The number of sulfonamides is 1. The number of nitrogens with zero attached hydrogens (tertiary/aromatic N) is 4. The van der Waals surface area contributed by atoms with Crippen LogP contribution in [0, 0.1) is 5.82 Å². The molecule has 0 aliphatic carbocycles. The Morgan fingerprint density at radius 1 is 1.13 bits per heavy atom. The summed E-state index contributed by atoms with van der Waals surface area (Å²) in [6, 6.07) is 10.5. The van der Waals surface area contributed by atoms with E-state index < -0.39 is 26.6 Å². The number of carbonyl (C=O) groups is 1. The van der Waals surface area contributed by atoms with Gasteiger partial charge in [-0.05, 0) is 43.2 Å². The van der Waals surface area contributed by atoms with Crippen LogP contribution in [0.1, 0.15) is 28.9 Å². The summed E-state index contributed by atoms with van der Waals surface area (Å²) in [5.74, 6) is -1.15. The van der Waals surface area contributed by atoms with E-state index in [2.05, 4.69) is 15.4 Å². The van der Waals surface area contributed by atoms with Crippen molar-refractivity contribution in [3.8, 4) is 0 Å². The first kappa shape index (κ1) is 20.2. The molecule has 0 atom stereocenters. The SMILES string of the molecule is O=C(Nc1ccn(Cc2ccccn2)n1)c1ccc(F)c(S(=O)(=O)N2CCCC2)c1. The minimum atomic E-state index is -3.98. The molecule has 156 valence electrons. The second kappa shape index (κ2) is 8.33. The molecule has 10 heteroatoms. The maximum Gasteiger partial charge on any atom is 0.256 e. The number of rotatable bonds is 6. The van der Waals surface area contributed by atoms with E-state index in [4.69, 9.17) is 0 Å². The molecule has 1 N–H and O–H groups in total. The number of anilines is 1. The summed E-state index contributed by atoms with van der Waals surface area (Å²) in [6.07, 6.45) is 4.85. The normalized spacial score (nSPS) is 14.7. The second-order valence-corrected chi connectivity index (χ2v) is 8.84. The first-order valence-corrected chi connectivity index (χ1v) is 10.9. The zero-order chi connectivity index (χ0) is 21.1. The minimum absolute atomic E-state index is 0.0356. The van der Waals surface area contributed by atoms with Gasteiger partial charge < -0.3 is 5.32 Å². The topological polar surface area (TPSA) is 97.2 Å². The molecule has 2 aromatic heterocycles. The lowest BCUT2D eigenvalue weighted by atomic mass is 10.2. The molecule has 1 aliphatic heterocycles. The van der Waals surface area contributed by atoms with Gasteiger partial charge in [-0.25, -0.2) is 12.8 Å². The first-order chi connectivity index (χ1) is 14.4. The van der Waals surface area contributed by atoms with E-state index >= 15 is 0 Å². The number of pyridine rings is 1. The van der Waals surface area contributed by atoms with Gasteiger partial charge in [-0.2, -0.15) is 9.40 Å². The highest BCUT2D eigenvalue weighted by Gasteiger charge is 2.30. The van der Waals surface area contributed by atoms with Gasteiger partial charge in [0.05, 0.1) is 12.2 Å². The van der Waals surface area contributed by atoms with Crippen molar-refractivity contribution in [3.63, 3.8) is 0 Å². The van der Waals surface area contributed by atoms with Crippen LogP contribution in [0.5, 0.6) is 0 Å². The third-order valence-electron chi connectivity index (χ3n) is 4.81. The average molecular weight is 429 g/mol. The van der Waals surface area contributed by atoms with Gasteiger partial charge in [0, 0.05) is 37.1 Å². The number of nitrogens with one attached hydrogen (secondary N) is 1. The summed E-state index contributed by atoms with van der Waals surface area (Å²) in [4.78, 5) is 16.3. The van der Waals surface area contributed by atoms with E-state index in [1.54, 1.807) is 23.1 Å². The molecule has 4 rings (SSSR count). The Labute approximate surface area is 173 Å². The Kier molecular flexibility index (Phi) is 5.60. The van der Waals surface area contributed by atoms with Gasteiger partial charge >= 0.3 is 0 Å². The van der Waals surface area contributed by atoms with E-state index in [9.17, 15) is 17.6 Å². The minimum Gasteiger partial charge on any atom is -0.305 e. The van der Waals surface area contributed by atoms with Crippen molar-refractivity contribution in [1.29, 1.82) is 0 Å². The molecule has 1 saturated heterocycles. The summed E-state index contributed by atoms with van der Waals surface area (Å²) >= 11 is 0. The van der Waals surface area contributed by atoms with Gasteiger partial charge in [0.25, 0.3) is 5.91 Å².